The smallest absolute Gasteiger partial charge is 0.233 e. The predicted octanol–water partition coefficient (Wildman–Crippen LogP) is 5.32. The standard InChI is InChI=1S/C15H10Cl3N5/c16-9-3-1-5-11(7-9)19-14-21-13(18)22-15(23-14)20-12-6-2-4-10(17)8-12/h1-8H,(H2,19,20,21,22,23). The van der Waals surface area contributed by atoms with Gasteiger partial charge in [-0.05, 0) is 48.0 Å². The summed E-state index contributed by atoms with van der Waals surface area (Å²) in [5, 5.41) is 7.32. The second kappa shape index (κ2) is 7.00. The summed E-state index contributed by atoms with van der Waals surface area (Å²) >= 11 is 17.9. The van der Waals surface area contributed by atoms with Gasteiger partial charge in [-0.15, -0.1) is 0 Å². The molecule has 0 aliphatic rings. The Hall–Kier alpha value is -2.08. The van der Waals surface area contributed by atoms with Crippen molar-refractivity contribution in [2.24, 2.45) is 0 Å². The Kier molecular flexibility index (Phi) is 4.81. The van der Waals surface area contributed by atoms with Crippen molar-refractivity contribution in [1.82, 2.24) is 15.0 Å². The molecule has 0 spiro atoms. The fourth-order valence-electron chi connectivity index (χ4n) is 1.85. The van der Waals surface area contributed by atoms with Crippen molar-refractivity contribution in [3.8, 4) is 0 Å². The van der Waals surface area contributed by atoms with Gasteiger partial charge in [0.05, 0.1) is 0 Å². The quantitative estimate of drug-likeness (QED) is 0.654. The van der Waals surface area contributed by atoms with Crippen LogP contribution in [0, 0.1) is 0 Å². The minimum Gasteiger partial charge on any atom is -0.324 e. The van der Waals surface area contributed by atoms with E-state index in [9.17, 15) is 0 Å². The summed E-state index contributed by atoms with van der Waals surface area (Å²) in [6, 6.07) is 14.4. The molecule has 1 heterocycles. The summed E-state index contributed by atoms with van der Waals surface area (Å²) in [6.07, 6.45) is 0. The topological polar surface area (TPSA) is 62.7 Å². The van der Waals surface area contributed by atoms with E-state index in [4.69, 9.17) is 34.8 Å². The summed E-state index contributed by atoms with van der Waals surface area (Å²) in [4.78, 5) is 12.4. The molecule has 3 aromatic rings. The average molecular weight is 367 g/mol. The minimum absolute atomic E-state index is 0.0639. The van der Waals surface area contributed by atoms with Crippen LogP contribution >= 0.6 is 34.8 Å². The highest BCUT2D eigenvalue weighted by molar-refractivity contribution is 6.31. The van der Waals surface area contributed by atoms with Crippen LogP contribution in [-0.4, -0.2) is 15.0 Å². The molecule has 2 aromatic carbocycles. The zero-order valence-corrected chi connectivity index (χ0v) is 13.9. The van der Waals surface area contributed by atoms with Gasteiger partial charge in [0.1, 0.15) is 0 Å². The Bertz CT molecular complexity index is 775. The van der Waals surface area contributed by atoms with Gasteiger partial charge in [-0.3, -0.25) is 0 Å². The third-order valence-corrected chi connectivity index (χ3v) is 3.41. The molecular formula is C15H10Cl3N5. The average Bonchev–Trinajstić information content (AvgIpc) is 2.46. The zero-order valence-electron chi connectivity index (χ0n) is 11.6. The van der Waals surface area contributed by atoms with Crippen molar-refractivity contribution in [2.45, 2.75) is 0 Å². The number of nitrogens with zero attached hydrogens (tertiary/aromatic N) is 3. The Labute approximate surface area is 147 Å². The molecule has 0 fully saturated rings. The number of hydrogen-bond acceptors (Lipinski definition) is 5. The van der Waals surface area contributed by atoms with Gasteiger partial charge in [0.15, 0.2) is 0 Å². The molecule has 3 rings (SSSR count). The Morgan fingerprint density at radius 3 is 1.57 bits per heavy atom. The number of hydrogen-bond donors (Lipinski definition) is 2. The lowest BCUT2D eigenvalue weighted by molar-refractivity contribution is 1.06. The highest BCUT2D eigenvalue weighted by Gasteiger charge is 2.06. The molecule has 23 heavy (non-hydrogen) atoms. The first-order valence-corrected chi connectivity index (χ1v) is 7.69. The molecule has 0 radical (unpaired) electrons. The van der Waals surface area contributed by atoms with Crippen molar-refractivity contribution in [1.29, 1.82) is 0 Å². The first-order valence-electron chi connectivity index (χ1n) is 6.55. The molecule has 0 amide bonds. The van der Waals surface area contributed by atoms with Gasteiger partial charge in [-0.25, -0.2) is 0 Å². The van der Waals surface area contributed by atoms with Gasteiger partial charge in [-0.1, -0.05) is 35.3 Å². The van der Waals surface area contributed by atoms with Crippen LogP contribution in [-0.2, 0) is 0 Å². The monoisotopic (exact) mass is 365 g/mol. The number of anilines is 4. The van der Waals surface area contributed by atoms with Crippen LogP contribution in [0.15, 0.2) is 48.5 Å². The fraction of sp³-hybridized carbons (Fsp3) is 0. The van der Waals surface area contributed by atoms with E-state index < -0.39 is 0 Å². The summed E-state index contributed by atoms with van der Waals surface area (Å²) in [5.41, 5.74) is 1.49. The van der Waals surface area contributed by atoms with E-state index in [2.05, 4.69) is 25.6 Å². The number of rotatable bonds is 4. The predicted molar refractivity (Wildman–Crippen MR) is 94.3 cm³/mol. The molecule has 0 saturated carbocycles. The van der Waals surface area contributed by atoms with Crippen molar-refractivity contribution in [2.75, 3.05) is 10.6 Å². The van der Waals surface area contributed by atoms with Crippen LogP contribution in [0.25, 0.3) is 0 Å². The highest BCUT2D eigenvalue weighted by atomic mass is 35.5. The van der Waals surface area contributed by atoms with Crippen molar-refractivity contribution in [3.05, 3.63) is 63.9 Å². The lowest BCUT2D eigenvalue weighted by atomic mass is 10.3. The van der Waals surface area contributed by atoms with Crippen LogP contribution in [0.1, 0.15) is 0 Å². The number of benzene rings is 2. The largest absolute Gasteiger partial charge is 0.324 e. The van der Waals surface area contributed by atoms with Crippen LogP contribution in [0.3, 0.4) is 0 Å². The first kappa shape index (κ1) is 15.8. The molecule has 1 aromatic heterocycles. The summed E-state index contributed by atoms with van der Waals surface area (Å²) in [7, 11) is 0. The highest BCUT2D eigenvalue weighted by Crippen LogP contribution is 2.22. The van der Waals surface area contributed by atoms with E-state index in [0.29, 0.717) is 21.9 Å². The number of aromatic nitrogens is 3. The minimum atomic E-state index is 0.0639. The molecule has 0 atom stereocenters. The molecule has 8 heteroatoms. The van der Waals surface area contributed by atoms with Crippen molar-refractivity contribution >= 4 is 58.1 Å². The lowest BCUT2D eigenvalue weighted by Gasteiger charge is -2.09. The second-order valence-corrected chi connectivity index (χ2v) is 5.73. The second-order valence-electron chi connectivity index (χ2n) is 4.52. The summed E-state index contributed by atoms with van der Waals surface area (Å²) < 4.78 is 0. The molecule has 5 nitrogen and oxygen atoms in total. The maximum absolute atomic E-state index is 5.95. The lowest BCUT2D eigenvalue weighted by Crippen LogP contribution is -2.04. The van der Waals surface area contributed by atoms with Gasteiger partial charge < -0.3 is 10.6 Å². The Balaban J connectivity index is 1.84. The first-order chi connectivity index (χ1) is 11.1. The van der Waals surface area contributed by atoms with Crippen molar-refractivity contribution < 1.29 is 0 Å². The van der Waals surface area contributed by atoms with Gasteiger partial charge in [0.2, 0.25) is 17.2 Å². The van der Waals surface area contributed by atoms with Crippen LogP contribution in [0.4, 0.5) is 23.3 Å². The maximum Gasteiger partial charge on any atom is 0.233 e. The fourth-order valence-corrected chi connectivity index (χ4v) is 2.39. The molecule has 2 N–H and O–H groups in total. The van der Waals surface area contributed by atoms with E-state index in [0.717, 1.165) is 11.4 Å². The molecule has 0 unspecified atom stereocenters. The Morgan fingerprint density at radius 2 is 1.13 bits per heavy atom. The van der Waals surface area contributed by atoms with Crippen LogP contribution < -0.4 is 10.6 Å². The van der Waals surface area contributed by atoms with Gasteiger partial charge in [-0.2, -0.15) is 15.0 Å². The van der Waals surface area contributed by atoms with Gasteiger partial charge in [0.25, 0.3) is 0 Å². The molecular weight excluding hydrogens is 357 g/mol. The molecule has 0 aliphatic carbocycles. The van der Waals surface area contributed by atoms with Crippen LogP contribution in [0.5, 0.6) is 0 Å². The molecule has 116 valence electrons. The van der Waals surface area contributed by atoms with E-state index in [1.165, 1.54) is 0 Å². The molecule has 0 saturated heterocycles. The van der Waals surface area contributed by atoms with Crippen LogP contribution in [0.2, 0.25) is 15.3 Å². The number of halogens is 3. The van der Waals surface area contributed by atoms with Gasteiger partial charge in [0, 0.05) is 21.4 Å². The van der Waals surface area contributed by atoms with E-state index in [-0.39, 0.29) is 5.28 Å². The normalized spacial score (nSPS) is 10.4. The number of nitrogens with one attached hydrogen (secondary N) is 2. The third kappa shape index (κ3) is 4.45. The third-order valence-electron chi connectivity index (χ3n) is 2.77. The van der Waals surface area contributed by atoms with E-state index in [1.807, 2.05) is 24.3 Å². The summed E-state index contributed by atoms with van der Waals surface area (Å²) in [6.45, 7) is 0. The SMILES string of the molecule is Clc1cccc(Nc2nc(Cl)nc(Nc3cccc(Cl)c3)n2)c1. The van der Waals surface area contributed by atoms with E-state index >= 15 is 0 Å². The van der Waals surface area contributed by atoms with Gasteiger partial charge >= 0.3 is 0 Å². The maximum atomic E-state index is 5.95. The van der Waals surface area contributed by atoms with E-state index in [1.54, 1.807) is 24.3 Å². The summed E-state index contributed by atoms with van der Waals surface area (Å²) in [5.74, 6) is 0.605. The van der Waals surface area contributed by atoms with Crippen molar-refractivity contribution in [3.63, 3.8) is 0 Å². The Morgan fingerprint density at radius 1 is 0.652 bits per heavy atom. The molecule has 0 bridgehead atoms. The molecule has 0 aliphatic heterocycles. The zero-order chi connectivity index (χ0) is 16.2.